The third kappa shape index (κ3) is 3.32. The fourth-order valence-corrected chi connectivity index (χ4v) is 3.08. The van der Waals surface area contributed by atoms with Crippen LogP contribution in [0.2, 0.25) is 0 Å². The van der Waals surface area contributed by atoms with Gasteiger partial charge in [-0.3, -0.25) is 9.48 Å². The molecule has 6 heteroatoms. The Balaban J connectivity index is 1.88. The molecule has 23 heavy (non-hydrogen) atoms. The summed E-state index contributed by atoms with van der Waals surface area (Å²) in [5, 5.41) is 8.01. The summed E-state index contributed by atoms with van der Waals surface area (Å²) in [6.45, 7) is 5.99. The molecule has 0 spiro atoms. The van der Waals surface area contributed by atoms with Crippen LogP contribution in [0.3, 0.4) is 0 Å². The molecule has 1 amide bonds. The summed E-state index contributed by atoms with van der Waals surface area (Å²) < 4.78 is 1.81. The van der Waals surface area contributed by atoms with E-state index in [2.05, 4.69) is 15.4 Å². The number of amides is 1. The molecule has 2 aromatic heterocycles. The van der Waals surface area contributed by atoms with Crippen molar-refractivity contribution in [2.24, 2.45) is 0 Å². The average Bonchev–Trinajstić information content (AvgIpc) is 3.15. The first-order valence-corrected chi connectivity index (χ1v) is 8.24. The smallest absolute Gasteiger partial charge is 0.268 e. The number of carbonyl (C=O) groups is 1. The van der Waals surface area contributed by atoms with Crippen LogP contribution < -0.4 is 5.32 Å². The van der Waals surface area contributed by atoms with E-state index in [4.69, 9.17) is 0 Å². The van der Waals surface area contributed by atoms with E-state index >= 15 is 0 Å². The molecule has 0 unspecified atom stereocenters. The molecule has 3 aromatic rings. The van der Waals surface area contributed by atoms with Crippen molar-refractivity contribution in [3.05, 3.63) is 52.6 Å². The second-order valence-corrected chi connectivity index (χ2v) is 6.74. The van der Waals surface area contributed by atoms with Gasteiger partial charge in [0.15, 0.2) is 0 Å². The molecule has 1 N–H and O–H groups in total. The number of hydrogen-bond donors (Lipinski definition) is 1. The minimum atomic E-state index is -0.155. The first-order valence-electron chi connectivity index (χ1n) is 7.43. The number of rotatable bonds is 4. The third-order valence-corrected chi connectivity index (χ3v) is 4.35. The molecule has 2 heterocycles. The van der Waals surface area contributed by atoms with Gasteiger partial charge in [0.2, 0.25) is 0 Å². The van der Waals surface area contributed by atoms with Gasteiger partial charge in [0.05, 0.1) is 22.6 Å². The van der Waals surface area contributed by atoms with E-state index in [-0.39, 0.29) is 11.9 Å². The summed E-state index contributed by atoms with van der Waals surface area (Å²) in [5.41, 5.74) is 2.36. The largest absolute Gasteiger partial charge is 0.319 e. The molecular weight excluding hydrogens is 308 g/mol. The summed E-state index contributed by atoms with van der Waals surface area (Å²) in [6, 6.07) is 10.0. The van der Waals surface area contributed by atoms with Gasteiger partial charge in [-0.1, -0.05) is 30.3 Å². The van der Waals surface area contributed by atoms with Gasteiger partial charge < -0.3 is 5.32 Å². The summed E-state index contributed by atoms with van der Waals surface area (Å²) >= 11 is 1.40. The summed E-state index contributed by atoms with van der Waals surface area (Å²) in [7, 11) is 0. The highest BCUT2D eigenvalue weighted by molar-refractivity contribution is 7.14. The number of nitrogens with one attached hydrogen (secondary N) is 1. The van der Waals surface area contributed by atoms with Crippen LogP contribution in [0.5, 0.6) is 0 Å². The Morgan fingerprint density at radius 2 is 2.00 bits per heavy atom. The molecule has 0 radical (unpaired) electrons. The summed E-state index contributed by atoms with van der Waals surface area (Å²) in [5.74, 6) is -0.155. The molecule has 0 bridgehead atoms. The van der Waals surface area contributed by atoms with Crippen molar-refractivity contribution < 1.29 is 4.79 Å². The lowest BCUT2D eigenvalue weighted by molar-refractivity contribution is 0.103. The lowest BCUT2D eigenvalue weighted by Crippen LogP contribution is -2.11. The molecule has 5 nitrogen and oxygen atoms in total. The Morgan fingerprint density at radius 3 is 2.65 bits per heavy atom. The second kappa shape index (κ2) is 6.34. The lowest BCUT2D eigenvalue weighted by atomic mass is 10.1. The van der Waals surface area contributed by atoms with Gasteiger partial charge in [0, 0.05) is 17.8 Å². The number of nitrogens with zero attached hydrogens (tertiary/aromatic N) is 3. The maximum atomic E-state index is 12.6. The molecule has 1 aromatic carbocycles. The Morgan fingerprint density at radius 1 is 1.26 bits per heavy atom. The van der Waals surface area contributed by atoms with Crippen molar-refractivity contribution >= 4 is 22.9 Å². The van der Waals surface area contributed by atoms with Gasteiger partial charge in [-0.05, 0) is 20.8 Å². The Bertz CT molecular complexity index is 820. The highest BCUT2D eigenvalue weighted by atomic mass is 32.1. The van der Waals surface area contributed by atoms with E-state index in [1.165, 1.54) is 11.3 Å². The maximum Gasteiger partial charge on any atom is 0.268 e. The number of anilines is 1. The van der Waals surface area contributed by atoms with Crippen molar-refractivity contribution in [3.8, 4) is 11.3 Å². The van der Waals surface area contributed by atoms with Crippen LogP contribution in [0.15, 0.2) is 42.7 Å². The van der Waals surface area contributed by atoms with E-state index in [0.29, 0.717) is 10.6 Å². The highest BCUT2D eigenvalue weighted by Crippen LogP contribution is 2.28. The van der Waals surface area contributed by atoms with Crippen molar-refractivity contribution in [1.82, 2.24) is 14.8 Å². The highest BCUT2D eigenvalue weighted by Gasteiger charge is 2.18. The van der Waals surface area contributed by atoms with Crippen LogP contribution in [0, 0.1) is 6.92 Å². The molecular formula is C17H18N4OS. The van der Waals surface area contributed by atoms with E-state index in [9.17, 15) is 4.79 Å². The summed E-state index contributed by atoms with van der Waals surface area (Å²) in [4.78, 5) is 17.8. The molecule has 118 valence electrons. The van der Waals surface area contributed by atoms with E-state index in [1.54, 1.807) is 6.20 Å². The standard InChI is InChI=1S/C17H18N4OS/c1-11(2)21-10-14(9-18-21)20-17(22)16-15(19-12(3)23-16)13-7-5-4-6-8-13/h4-11H,1-3H3,(H,20,22). The van der Waals surface area contributed by atoms with Crippen LogP contribution in [-0.4, -0.2) is 20.7 Å². The van der Waals surface area contributed by atoms with Crippen molar-refractivity contribution in [3.63, 3.8) is 0 Å². The zero-order chi connectivity index (χ0) is 16.4. The molecule has 3 rings (SSSR count). The van der Waals surface area contributed by atoms with Gasteiger partial charge in [0.1, 0.15) is 4.88 Å². The monoisotopic (exact) mass is 326 g/mol. The van der Waals surface area contributed by atoms with E-state index < -0.39 is 0 Å². The predicted molar refractivity (Wildman–Crippen MR) is 92.9 cm³/mol. The zero-order valence-electron chi connectivity index (χ0n) is 13.3. The summed E-state index contributed by atoms with van der Waals surface area (Å²) in [6.07, 6.45) is 3.49. The number of thiazole rings is 1. The Labute approximate surface area is 139 Å². The molecule has 0 saturated carbocycles. The number of aromatic nitrogens is 3. The average molecular weight is 326 g/mol. The quantitative estimate of drug-likeness (QED) is 0.783. The van der Waals surface area contributed by atoms with Gasteiger partial charge >= 0.3 is 0 Å². The molecule has 0 atom stereocenters. The van der Waals surface area contributed by atoms with E-state index in [0.717, 1.165) is 16.3 Å². The van der Waals surface area contributed by atoms with Crippen LogP contribution in [-0.2, 0) is 0 Å². The third-order valence-electron chi connectivity index (χ3n) is 3.38. The van der Waals surface area contributed by atoms with Gasteiger partial charge in [-0.15, -0.1) is 11.3 Å². The van der Waals surface area contributed by atoms with Crippen LogP contribution in [0.1, 0.15) is 34.6 Å². The molecule has 0 aliphatic carbocycles. The SMILES string of the molecule is Cc1nc(-c2ccccc2)c(C(=O)Nc2cnn(C(C)C)c2)s1. The van der Waals surface area contributed by atoms with Crippen molar-refractivity contribution in [2.75, 3.05) is 5.32 Å². The topological polar surface area (TPSA) is 59.8 Å². The normalized spacial score (nSPS) is 11.0. The number of benzene rings is 1. The number of hydrogen-bond acceptors (Lipinski definition) is 4. The van der Waals surface area contributed by atoms with Gasteiger partial charge in [-0.2, -0.15) is 5.10 Å². The molecule has 0 aliphatic rings. The minimum Gasteiger partial charge on any atom is -0.319 e. The van der Waals surface area contributed by atoms with Gasteiger partial charge in [0.25, 0.3) is 5.91 Å². The van der Waals surface area contributed by atoms with Crippen molar-refractivity contribution in [1.29, 1.82) is 0 Å². The zero-order valence-corrected chi connectivity index (χ0v) is 14.1. The van der Waals surface area contributed by atoms with Crippen LogP contribution in [0.4, 0.5) is 5.69 Å². The fourth-order valence-electron chi connectivity index (χ4n) is 2.25. The maximum absolute atomic E-state index is 12.6. The van der Waals surface area contributed by atoms with Gasteiger partial charge in [-0.25, -0.2) is 4.98 Å². The van der Waals surface area contributed by atoms with E-state index in [1.807, 2.05) is 62.0 Å². The molecule has 0 fully saturated rings. The van der Waals surface area contributed by atoms with Crippen LogP contribution >= 0.6 is 11.3 Å². The Kier molecular flexibility index (Phi) is 4.25. The predicted octanol–water partition coefficient (Wildman–Crippen LogP) is 4.15. The first kappa shape index (κ1) is 15.4. The number of aryl methyl sites for hydroxylation is 1. The fraction of sp³-hybridized carbons (Fsp3) is 0.235. The van der Waals surface area contributed by atoms with Crippen LogP contribution in [0.25, 0.3) is 11.3 Å². The molecule has 0 saturated heterocycles. The number of carbonyl (C=O) groups excluding carboxylic acids is 1. The second-order valence-electron chi connectivity index (χ2n) is 5.53. The minimum absolute atomic E-state index is 0.155. The molecule has 0 aliphatic heterocycles. The lowest BCUT2D eigenvalue weighted by Gasteiger charge is -2.04. The van der Waals surface area contributed by atoms with Crippen molar-refractivity contribution in [2.45, 2.75) is 26.8 Å². The Hall–Kier alpha value is -2.47. The first-order chi connectivity index (χ1) is 11.0.